The van der Waals surface area contributed by atoms with Crippen LogP contribution in [0.1, 0.15) is 30.2 Å². The number of amides is 1. The van der Waals surface area contributed by atoms with Crippen molar-refractivity contribution in [2.75, 3.05) is 13.1 Å². The molecule has 23 heavy (non-hydrogen) atoms. The van der Waals surface area contributed by atoms with Crippen LogP contribution in [0.15, 0.2) is 24.3 Å². The zero-order valence-corrected chi connectivity index (χ0v) is 14.0. The van der Waals surface area contributed by atoms with Gasteiger partial charge in [-0.15, -0.1) is 0 Å². The molecule has 2 atom stereocenters. The average molecular weight is 312 g/mol. The van der Waals surface area contributed by atoms with Gasteiger partial charge in [0.05, 0.1) is 18.0 Å². The Hall–Kier alpha value is -1.94. The Morgan fingerprint density at radius 2 is 2.13 bits per heavy atom. The SMILES string of the molecule is Cc1nc2ccccc2c(C)c1CC(=O)N1CCC(C(C)O)C1. The number of aliphatic hydroxyl groups excluding tert-OH is 1. The van der Waals surface area contributed by atoms with E-state index < -0.39 is 0 Å². The average Bonchev–Trinajstić information content (AvgIpc) is 3.01. The van der Waals surface area contributed by atoms with Crippen LogP contribution in [-0.4, -0.2) is 40.1 Å². The molecule has 1 aromatic carbocycles. The number of hydrogen-bond acceptors (Lipinski definition) is 3. The van der Waals surface area contributed by atoms with Gasteiger partial charge in [-0.3, -0.25) is 9.78 Å². The molecule has 2 heterocycles. The minimum absolute atomic E-state index is 0.136. The Bertz CT molecular complexity index is 739. The third-order valence-corrected chi connectivity index (χ3v) is 5.07. The largest absolute Gasteiger partial charge is 0.393 e. The molecule has 1 fully saturated rings. The third kappa shape index (κ3) is 3.08. The van der Waals surface area contributed by atoms with Gasteiger partial charge in [0, 0.05) is 30.1 Å². The van der Waals surface area contributed by atoms with E-state index in [1.807, 2.05) is 30.0 Å². The number of aliphatic hydroxyl groups is 1. The van der Waals surface area contributed by atoms with Crippen LogP contribution in [0, 0.1) is 19.8 Å². The molecule has 1 aliphatic rings. The molecule has 2 unspecified atom stereocenters. The van der Waals surface area contributed by atoms with Gasteiger partial charge in [-0.1, -0.05) is 18.2 Å². The van der Waals surface area contributed by atoms with Crippen molar-refractivity contribution in [2.45, 2.75) is 39.7 Å². The number of aryl methyl sites for hydroxylation is 2. The van der Waals surface area contributed by atoms with Gasteiger partial charge in [-0.25, -0.2) is 0 Å². The van der Waals surface area contributed by atoms with E-state index in [-0.39, 0.29) is 17.9 Å². The molecule has 0 spiro atoms. The van der Waals surface area contributed by atoms with Gasteiger partial charge in [0.2, 0.25) is 5.91 Å². The zero-order chi connectivity index (χ0) is 16.6. The normalized spacial score (nSPS) is 19.3. The summed E-state index contributed by atoms with van der Waals surface area (Å²) in [7, 11) is 0. The molecule has 1 N–H and O–H groups in total. The molecular weight excluding hydrogens is 288 g/mol. The Morgan fingerprint density at radius 3 is 2.83 bits per heavy atom. The van der Waals surface area contributed by atoms with Crippen LogP contribution < -0.4 is 0 Å². The van der Waals surface area contributed by atoms with Gasteiger partial charge in [0.15, 0.2) is 0 Å². The standard InChI is InChI=1S/C19H24N2O2/c1-12-16-6-4-5-7-18(16)20-13(2)17(12)10-19(23)21-9-8-15(11-21)14(3)22/h4-7,14-15,22H,8-11H2,1-3H3. The summed E-state index contributed by atoms with van der Waals surface area (Å²) >= 11 is 0. The maximum atomic E-state index is 12.6. The van der Waals surface area contributed by atoms with Gasteiger partial charge in [-0.2, -0.15) is 0 Å². The van der Waals surface area contributed by atoms with Crippen molar-refractivity contribution < 1.29 is 9.90 Å². The first-order valence-corrected chi connectivity index (χ1v) is 8.28. The van der Waals surface area contributed by atoms with E-state index in [1.54, 1.807) is 6.92 Å². The number of rotatable bonds is 3. The summed E-state index contributed by atoms with van der Waals surface area (Å²) in [5.74, 6) is 0.340. The summed E-state index contributed by atoms with van der Waals surface area (Å²) in [4.78, 5) is 19.2. The molecule has 4 heteroatoms. The lowest BCUT2D eigenvalue weighted by Gasteiger charge is -2.19. The van der Waals surface area contributed by atoms with Gasteiger partial charge in [0.25, 0.3) is 0 Å². The van der Waals surface area contributed by atoms with E-state index in [0.29, 0.717) is 13.0 Å². The van der Waals surface area contributed by atoms with E-state index >= 15 is 0 Å². The first kappa shape index (κ1) is 15.9. The van der Waals surface area contributed by atoms with Crippen LogP contribution in [0.2, 0.25) is 0 Å². The van der Waals surface area contributed by atoms with E-state index in [2.05, 4.69) is 18.0 Å². The van der Waals surface area contributed by atoms with Crippen LogP contribution in [0.4, 0.5) is 0 Å². The minimum Gasteiger partial charge on any atom is -0.393 e. The minimum atomic E-state index is -0.349. The highest BCUT2D eigenvalue weighted by Crippen LogP contribution is 2.25. The van der Waals surface area contributed by atoms with E-state index in [9.17, 15) is 9.90 Å². The fourth-order valence-corrected chi connectivity index (χ4v) is 3.50. The predicted molar refractivity (Wildman–Crippen MR) is 91.3 cm³/mol. The van der Waals surface area contributed by atoms with Crippen molar-refractivity contribution in [1.29, 1.82) is 0 Å². The van der Waals surface area contributed by atoms with Crippen LogP contribution in [-0.2, 0) is 11.2 Å². The Balaban J connectivity index is 1.83. The molecule has 122 valence electrons. The Labute approximate surface area is 137 Å². The Kier molecular flexibility index (Phi) is 4.35. The third-order valence-electron chi connectivity index (χ3n) is 5.07. The molecule has 0 aliphatic carbocycles. The maximum Gasteiger partial charge on any atom is 0.227 e. The topological polar surface area (TPSA) is 53.4 Å². The summed E-state index contributed by atoms with van der Waals surface area (Å²) in [6.45, 7) is 7.26. The van der Waals surface area contributed by atoms with E-state index in [0.717, 1.165) is 40.7 Å². The molecule has 1 aromatic heterocycles. The number of hydrogen-bond donors (Lipinski definition) is 1. The lowest BCUT2D eigenvalue weighted by atomic mass is 9.99. The molecule has 3 rings (SSSR count). The first-order chi connectivity index (χ1) is 11.0. The first-order valence-electron chi connectivity index (χ1n) is 8.28. The van der Waals surface area contributed by atoms with Crippen LogP contribution in [0.5, 0.6) is 0 Å². The number of aromatic nitrogens is 1. The quantitative estimate of drug-likeness (QED) is 0.948. The molecule has 1 saturated heterocycles. The zero-order valence-electron chi connectivity index (χ0n) is 14.0. The number of para-hydroxylation sites is 1. The van der Waals surface area contributed by atoms with Crippen LogP contribution in [0.3, 0.4) is 0 Å². The van der Waals surface area contributed by atoms with Crippen molar-refractivity contribution >= 4 is 16.8 Å². The lowest BCUT2D eigenvalue weighted by Crippen LogP contribution is -2.32. The number of carbonyl (C=O) groups is 1. The second-order valence-electron chi connectivity index (χ2n) is 6.62. The molecule has 1 aliphatic heterocycles. The summed E-state index contributed by atoms with van der Waals surface area (Å²) in [5, 5.41) is 10.8. The number of nitrogens with zero attached hydrogens (tertiary/aromatic N) is 2. The van der Waals surface area contributed by atoms with Crippen molar-refractivity contribution in [1.82, 2.24) is 9.88 Å². The van der Waals surface area contributed by atoms with Crippen molar-refractivity contribution in [3.8, 4) is 0 Å². The fraction of sp³-hybridized carbons (Fsp3) is 0.474. The summed E-state index contributed by atoms with van der Waals surface area (Å²) in [6.07, 6.45) is 0.929. The summed E-state index contributed by atoms with van der Waals surface area (Å²) in [6, 6.07) is 8.06. The molecule has 0 bridgehead atoms. The van der Waals surface area contributed by atoms with Crippen LogP contribution in [0.25, 0.3) is 10.9 Å². The lowest BCUT2D eigenvalue weighted by molar-refractivity contribution is -0.129. The number of carbonyl (C=O) groups excluding carboxylic acids is 1. The number of pyridine rings is 1. The van der Waals surface area contributed by atoms with Crippen molar-refractivity contribution in [2.24, 2.45) is 5.92 Å². The molecule has 0 saturated carbocycles. The summed E-state index contributed by atoms with van der Waals surface area (Å²) in [5.41, 5.74) is 4.09. The maximum absolute atomic E-state index is 12.6. The number of fused-ring (bicyclic) bond motifs is 1. The monoisotopic (exact) mass is 312 g/mol. The Morgan fingerprint density at radius 1 is 1.39 bits per heavy atom. The number of benzene rings is 1. The van der Waals surface area contributed by atoms with Gasteiger partial charge >= 0.3 is 0 Å². The highest BCUT2D eigenvalue weighted by molar-refractivity contribution is 5.86. The van der Waals surface area contributed by atoms with Gasteiger partial charge in [-0.05, 0) is 44.4 Å². The molecule has 1 amide bonds. The fourth-order valence-electron chi connectivity index (χ4n) is 3.50. The van der Waals surface area contributed by atoms with E-state index in [1.165, 1.54) is 0 Å². The highest BCUT2D eigenvalue weighted by atomic mass is 16.3. The molecule has 0 radical (unpaired) electrons. The smallest absolute Gasteiger partial charge is 0.227 e. The van der Waals surface area contributed by atoms with Crippen LogP contribution >= 0.6 is 0 Å². The van der Waals surface area contributed by atoms with Gasteiger partial charge in [0.1, 0.15) is 0 Å². The molecule has 4 nitrogen and oxygen atoms in total. The van der Waals surface area contributed by atoms with Crippen molar-refractivity contribution in [3.05, 3.63) is 41.1 Å². The number of likely N-dealkylation sites (tertiary alicyclic amines) is 1. The van der Waals surface area contributed by atoms with E-state index in [4.69, 9.17) is 0 Å². The second-order valence-corrected chi connectivity index (χ2v) is 6.62. The second kappa shape index (κ2) is 6.28. The van der Waals surface area contributed by atoms with Crippen molar-refractivity contribution in [3.63, 3.8) is 0 Å². The highest BCUT2D eigenvalue weighted by Gasteiger charge is 2.29. The van der Waals surface area contributed by atoms with Gasteiger partial charge < -0.3 is 10.0 Å². The predicted octanol–water partition coefficient (Wildman–Crippen LogP) is 2.62. The molecular formula is C19H24N2O2. The molecule has 2 aromatic rings. The summed E-state index contributed by atoms with van der Waals surface area (Å²) < 4.78 is 0.